The molecule has 30 heavy (non-hydrogen) atoms. The predicted octanol–water partition coefficient (Wildman–Crippen LogP) is 4.41. The number of carbonyl (C=O) groups is 1. The van der Waals surface area contributed by atoms with E-state index >= 15 is 0 Å². The van der Waals surface area contributed by atoms with Gasteiger partial charge in [0.2, 0.25) is 0 Å². The number of halogens is 3. The number of aryl methyl sites for hydroxylation is 1. The summed E-state index contributed by atoms with van der Waals surface area (Å²) in [6.45, 7) is 6.28. The number of nitriles is 1. The Labute approximate surface area is 172 Å². The summed E-state index contributed by atoms with van der Waals surface area (Å²) >= 11 is 0. The first-order valence-electron chi connectivity index (χ1n) is 9.47. The van der Waals surface area contributed by atoms with Gasteiger partial charge in [0.1, 0.15) is 0 Å². The van der Waals surface area contributed by atoms with Crippen molar-refractivity contribution < 1.29 is 18.0 Å². The molecule has 9 heteroatoms. The SMILES string of the molecule is Cc1cncc(NC(=O)N2C[C@H](C)N(c3ccc(C#N)c(C(F)(F)F)c3)C[C@H]2C)c1. The molecule has 1 saturated heterocycles. The maximum atomic E-state index is 13.3. The van der Waals surface area contributed by atoms with Gasteiger partial charge in [-0.1, -0.05) is 0 Å². The predicted molar refractivity (Wildman–Crippen MR) is 107 cm³/mol. The number of aromatic nitrogens is 1. The summed E-state index contributed by atoms with van der Waals surface area (Å²) in [7, 11) is 0. The average Bonchev–Trinajstić information content (AvgIpc) is 2.68. The van der Waals surface area contributed by atoms with E-state index < -0.39 is 17.3 Å². The molecule has 1 aromatic carbocycles. The van der Waals surface area contributed by atoms with E-state index in [-0.39, 0.29) is 18.1 Å². The molecule has 0 saturated carbocycles. The molecule has 1 aliphatic heterocycles. The second-order valence-corrected chi connectivity index (χ2v) is 7.52. The quantitative estimate of drug-likeness (QED) is 0.786. The van der Waals surface area contributed by atoms with E-state index in [1.807, 2.05) is 31.7 Å². The van der Waals surface area contributed by atoms with Crippen LogP contribution in [0.1, 0.15) is 30.5 Å². The van der Waals surface area contributed by atoms with Crippen LogP contribution in [0.3, 0.4) is 0 Å². The molecule has 0 bridgehead atoms. The Morgan fingerprint density at radius 2 is 1.93 bits per heavy atom. The highest BCUT2D eigenvalue weighted by Gasteiger charge is 2.36. The number of nitrogens with one attached hydrogen (secondary N) is 1. The van der Waals surface area contributed by atoms with Gasteiger partial charge in [0.05, 0.1) is 29.1 Å². The highest BCUT2D eigenvalue weighted by molar-refractivity contribution is 5.89. The molecule has 2 aromatic rings. The maximum absolute atomic E-state index is 13.3. The van der Waals surface area contributed by atoms with Gasteiger partial charge in [-0.2, -0.15) is 18.4 Å². The molecule has 0 unspecified atom stereocenters. The van der Waals surface area contributed by atoms with Gasteiger partial charge in [-0.15, -0.1) is 0 Å². The summed E-state index contributed by atoms with van der Waals surface area (Å²) in [6.07, 6.45) is -1.37. The first-order chi connectivity index (χ1) is 14.1. The van der Waals surface area contributed by atoms with Crippen molar-refractivity contribution in [1.29, 1.82) is 5.26 Å². The largest absolute Gasteiger partial charge is 0.417 e. The molecule has 6 nitrogen and oxygen atoms in total. The number of hydrogen-bond donors (Lipinski definition) is 1. The lowest BCUT2D eigenvalue weighted by molar-refractivity contribution is -0.137. The van der Waals surface area contributed by atoms with Crippen LogP contribution in [-0.4, -0.2) is 41.1 Å². The average molecular weight is 417 g/mol. The van der Waals surface area contributed by atoms with Crippen molar-refractivity contribution in [3.05, 3.63) is 53.3 Å². The van der Waals surface area contributed by atoms with E-state index in [0.29, 0.717) is 24.5 Å². The zero-order valence-electron chi connectivity index (χ0n) is 16.9. The van der Waals surface area contributed by atoms with Gasteiger partial charge >= 0.3 is 12.2 Å². The van der Waals surface area contributed by atoms with Gasteiger partial charge < -0.3 is 15.1 Å². The van der Waals surface area contributed by atoms with Crippen molar-refractivity contribution in [2.24, 2.45) is 0 Å². The third kappa shape index (κ3) is 4.48. The maximum Gasteiger partial charge on any atom is 0.417 e. The number of pyridine rings is 1. The van der Waals surface area contributed by atoms with Crippen molar-refractivity contribution in [2.75, 3.05) is 23.3 Å². The van der Waals surface area contributed by atoms with Crippen LogP contribution in [0.2, 0.25) is 0 Å². The van der Waals surface area contributed by atoms with Gasteiger partial charge in [-0.25, -0.2) is 4.79 Å². The molecular weight excluding hydrogens is 395 g/mol. The summed E-state index contributed by atoms with van der Waals surface area (Å²) in [5, 5.41) is 11.8. The van der Waals surface area contributed by atoms with Gasteiger partial charge in [-0.05, 0) is 50.6 Å². The Hall–Kier alpha value is -3.28. The summed E-state index contributed by atoms with van der Waals surface area (Å²) in [6, 6.07) is 6.41. The number of amides is 2. The monoisotopic (exact) mass is 417 g/mol. The summed E-state index contributed by atoms with van der Waals surface area (Å²) in [5.74, 6) is 0. The van der Waals surface area contributed by atoms with E-state index in [9.17, 15) is 18.0 Å². The first-order valence-corrected chi connectivity index (χ1v) is 9.47. The van der Waals surface area contributed by atoms with E-state index in [4.69, 9.17) is 5.26 Å². The number of hydrogen-bond acceptors (Lipinski definition) is 4. The minimum Gasteiger partial charge on any atom is -0.365 e. The topological polar surface area (TPSA) is 72.3 Å². The number of alkyl halides is 3. The molecule has 1 aliphatic rings. The van der Waals surface area contributed by atoms with Crippen LogP contribution in [0.15, 0.2) is 36.7 Å². The first kappa shape index (κ1) is 21.4. The Morgan fingerprint density at radius 1 is 1.20 bits per heavy atom. The minimum atomic E-state index is -4.61. The molecule has 0 spiro atoms. The second kappa shape index (κ2) is 8.22. The fourth-order valence-electron chi connectivity index (χ4n) is 3.63. The molecule has 158 valence electrons. The zero-order chi connectivity index (χ0) is 22.1. The van der Waals surface area contributed by atoms with Crippen LogP contribution in [0, 0.1) is 18.3 Å². The second-order valence-electron chi connectivity index (χ2n) is 7.52. The zero-order valence-corrected chi connectivity index (χ0v) is 16.9. The Balaban J connectivity index is 1.78. The molecule has 2 amide bonds. The molecular formula is C21H22F3N5O. The molecule has 1 aromatic heterocycles. The molecule has 1 fully saturated rings. The van der Waals surface area contributed by atoms with Crippen molar-refractivity contribution >= 4 is 17.4 Å². The van der Waals surface area contributed by atoms with Crippen LogP contribution in [0.5, 0.6) is 0 Å². The van der Waals surface area contributed by atoms with E-state index in [2.05, 4.69) is 10.3 Å². The Bertz CT molecular complexity index is 985. The lowest BCUT2D eigenvalue weighted by Crippen LogP contribution is -2.59. The lowest BCUT2D eigenvalue weighted by Gasteiger charge is -2.45. The standard InChI is InChI=1S/C21H22F3N5O/c1-13-6-17(10-26-9-13)27-20(30)29-12-14(2)28(11-15(29)3)18-5-4-16(8-25)19(7-18)21(22,23)24/h4-7,9-10,14-15H,11-12H2,1-3H3,(H,27,30)/t14-,15+/m0/s1. The number of urea groups is 1. The van der Waals surface area contributed by atoms with Gasteiger partial charge in [0.25, 0.3) is 0 Å². The molecule has 3 rings (SSSR count). The molecule has 2 atom stereocenters. The summed E-state index contributed by atoms with van der Waals surface area (Å²) < 4.78 is 40.0. The van der Waals surface area contributed by atoms with Gasteiger partial charge in [0, 0.05) is 37.1 Å². The number of carbonyl (C=O) groups excluding carboxylic acids is 1. The summed E-state index contributed by atoms with van der Waals surface area (Å²) in [5.41, 5.74) is 0.527. The smallest absolute Gasteiger partial charge is 0.365 e. The number of rotatable bonds is 2. The number of nitrogens with zero attached hydrogens (tertiary/aromatic N) is 4. The fraction of sp³-hybridized carbons (Fsp3) is 0.381. The highest BCUT2D eigenvalue weighted by atomic mass is 19.4. The molecule has 0 radical (unpaired) electrons. The van der Waals surface area contributed by atoms with Crippen molar-refractivity contribution in [2.45, 2.75) is 39.0 Å². The molecule has 0 aliphatic carbocycles. The van der Waals surface area contributed by atoms with Crippen LogP contribution in [-0.2, 0) is 6.18 Å². The third-order valence-corrected chi connectivity index (χ3v) is 5.13. The minimum absolute atomic E-state index is 0.211. The fourth-order valence-corrected chi connectivity index (χ4v) is 3.63. The lowest BCUT2D eigenvalue weighted by atomic mass is 10.0. The van der Waals surface area contributed by atoms with Gasteiger partial charge in [0.15, 0.2) is 0 Å². The van der Waals surface area contributed by atoms with E-state index in [1.165, 1.54) is 12.1 Å². The number of anilines is 2. The Morgan fingerprint density at radius 3 is 2.57 bits per heavy atom. The van der Waals surface area contributed by atoms with Crippen molar-refractivity contribution in [3.63, 3.8) is 0 Å². The van der Waals surface area contributed by atoms with Crippen LogP contribution in [0.25, 0.3) is 0 Å². The van der Waals surface area contributed by atoms with Crippen LogP contribution >= 0.6 is 0 Å². The summed E-state index contributed by atoms with van der Waals surface area (Å²) in [4.78, 5) is 20.3. The van der Waals surface area contributed by atoms with Crippen molar-refractivity contribution in [1.82, 2.24) is 9.88 Å². The normalized spacial score (nSPS) is 19.4. The molecule has 1 N–H and O–H groups in total. The highest BCUT2D eigenvalue weighted by Crippen LogP contribution is 2.35. The number of benzene rings is 1. The van der Waals surface area contributed by atoms with Crippen LogP contribution in [0.4, 0.5) is 29.3 Å². The Kier molecular flexibility index (Phi) is 5.87. The van der Waals surface area contributed by atoms with Crippen LogP contribution < -0.4 is 10.2 Å². The number of piperazine rings is 1. The van der Waals surface area contributed by atoms with E-state index in [1.54, 1.807) is 23.4 Å². The van der Waals surface area contributed by atoms with Crippen molar-refractivity contribution in [3.8, 4) is 6.07 Å². The third-order valence-electron chi connectivity index (χ3n) is 5.13. The van der Waals surface area contributed by atoms with E-state index in [0.717, 1.165) is 11.6 Å². The molecule has 2 heterocycles. The van der Waals surface area contributed by atoms with Gasteiger partial charge in [-0.3, -0.25) is 4.98 Å².